The smallest absolute Gasteiger partial charge is 0.222 e. The van der Waals surface area contributed by atoms with Gasteiger partial charge in [0.2, 0.25) is 5.91 Å². The summed E-state index contributed by atoms with van der Waals surface area (Å²) in [5.74, 6) is 0.164. The second-order valence-electron chi connectivity index (χ2n) is 6.68. The number of carbonyl (C=O) groups excluding carboxylic acids is 1. The molecule has 0 radical (unpaired) electrons. The molecule has 1 aromatic heterocycles. The summed E-state index contributed by atoms with van der Waals surface area (Å²) in [7, 11) is 0. The predicted molar refractivity (Wildman–Crippen MR) is 83.3 cm³/mol. The SMILES string of the molecule is O=C(CCCn1ccnc1)N1CC[C@@](O)(CN2CCCC2)C1. The van der Waals surface area contributed by atoms with E-state index in [9.17, 15) is 9.90 Å². The van der Waals surface area contributed by atoms with Gasteiger partial charge in [0.25, 0.3) is 0 Å². The third-order valence-corrected chi connectivity index (χ3v) is 4.77. The molecular weight excluding hydrogens is 280 g/mol. The molecule has 0 bridgehead atoms. The minimum atomic E-state index is -0.704. The molecule has 0 unspecified atom stereocenters. The fourth-order valence-corrected chi connectivity index (χ4v) is 3.55. The molecule has 6 heteroatoms. The van der Waals surface area contributed by atoms with E-state index < -0.39 is 5.60 Å². The first kappa shape index (κ1) is 15.5. The quantitative estimate of drug-likeness (QED) is 0.841. The molecule has 3 heterocycles. The summed E-state index contributed by atoms with van der Waals surface area (Å²) in [4.78, 5) is 20.4. The average Bonchev–Trinajstić information content (AvgIpc) is 3.21. The monoisotopic (exact) mass is 306 g/mol. The standard InChI is InChI=1S/C16H26N4O2/c21-15(4-3-9-19-11-6-17-14-19)20-10-5-16(22,13-20)12-18-7-1-2-8-18/h6,11,14,22H,1-5,7-10,12-13H2/t16-/m1/s1. The fourth-order valence-electron chi connectivity index (χ4n) is 3.55. The number of aromatic nitrogens is 2. The van der Waals surface area contributed by atoms with Crippen LogP contribution in [0.5, 0.6) is 0 Å². The third kappa shape index (κ3) is 3.87. The Kier molecular flexibility index (Phi) is 4.78. The van der Waals surface area contributed by atoms with Gasteiger partial charge < -0.3 is 19.5 Å². The second kappa shape index (κ2) is 6.79. The number of likely N-dealkylation sites (tertiary alicyclic amines) is 2. The number of aryl methyl sites for hydroxylation is 1. The van der Waals surface area contributed by atoms with Gasteiger partial charge in [0.15, 0.2) is 0 Å². The molecule has 122 valence electrons. The van der Waals surface area contributed by atoms with Crippen LogP contribution in [0.1, 0.15) is 32.1 Å². The van der Waals surface area contributed by atoms with Gasteiger partial charge in [0, 0.05) is 38.4 Å². The number of amides is 1. The lowest BCUT2D eigenvalue weighted by Gasteiger charge is -2.28. The lowest BCUT2D eigenvalue weighted by molar-refractivity contribution is -0.131. The predicted octanol–water partition coefficient (Wildman–Crippen LogP) is 0.722. The first-order chi connectivity index (χ1) is 10.6. The average molecular weight is 306 g/mol. The molecule has 22 heavy (non-hydrogen) atoms. The maximum atomic E-state index is 12.3. The van der Waals surface area contributed by atoms with Crippen LogP contribution < -0.4 is 0 Å². The van der Waals surface area contributed by atoms with Crippen LogP contribution in [0.2, 0.25) is 0 Å². The van der Waals surface area contributed by atoms with Gasteiger partial charge in [-0.25, -0.2) is 4.98 Å². The van der Waals surface area contributed by atoms with Crippen molar-refractivity contribution in [2.45, 2.75) is 44.2 Å². The summed E-state index contributed by atoms with van der Waals surface area (Å²) < 4.78 is 1.99. The van der Waals surface area contributed by atoms with E-state index in [-0.39, 0.29) is 5.91 Å². The van der Waals surface area contributed by atoms with Crippen molar-refractivity contribution in [1.82, 2.24) is 19.4 Å². The van der Waals surface area contributed by atoms with Crippen LogP contribution in [-0.2, 0) is 11.3 Å². The Labute approximate surface area is 131 Å². The van der Waals surface area contributed by atoms with Crippen molar-refractivity contribution < 1.29 is 9.90 Å². The van der Waals surface area contributed by atoms with Gasteiger partial charge in [0.1, 0.15) is 0 Å². The van der Waals surface area contributed by atoms with Crippen molar-refractivity contribution in [3.8, 4) is 0 Å². The lowest BCUT2D eigenvalue weighted by atomic mass is 10.0. The zero-order valence-electron chi connectivity index (χ0n) is 13.2. The van der Waals surface area contributed by atoms with Gasteiger partial charge in [0.05, 0.1) is 18.5 Å². The molecule has 1 atom stereocenters. The van der Waals surface area contributed by atoms with Crippen LogP contribution in [0.25, 0.3) is 0 Å². The van der Waals surface area contributed by atoms with Crippen molar-refractivity contribution >= 4 is 5.91 Å². The zero-order valence-corrected chi connectivity index (χ0v) is 13.2. The maximum absolute atomic E-state index is 12.3. The molecule has 2 saturated heterocycles. The van der Waals surface area contributed by atoms with Crippen molar-refractivity contribution in [3.05, 3.63) is 18.7 Å². The van der Waals surface area contributed by atoms with Crippen LogP contribution in [0.3, 0.4) is 0 Å². The van der Waals surface area contributed by atoms with Crippen molar-refractivity contribution in [2.24, 2.45) is 0 Å². The van der Waals surface area contributed by atoms with E-state index in [0.717, 1.165) is 26.1 Å². The molecular formula is C16H26N4O2. The molecule has 1 aromatic rings. The van der Waals surface area contributed by atoms with E-state index in [1.54, 1.807) is 12.5 Å². The molecule has 3 rings (SSSR count). The van der Waals surface area contributed by atoms with E-state index in [4.69, 9.17) is 0 Å². The van der Waals surface area contributed by atoms with E-state index in [1.165, 1.54) is 12.8 Å². The molecule has 0 aromatic carbocycles. The number of imidazole rings is 1. The Hall–Kier alpha value is -1.40. The summed E-state index contributed by atoms with van der Waals surface area (Å²) in [6, 6.07) is 0. The zero-order chi connectivity index (χ0) is 15.4. The number of hydrogen-bond acceptors (Lipinski definition) is 4. The summed E-state index contributed by atoms with van der Waals surface area (Å²) in [5.41, 5.74) is -0.704. The highest BCUT2D eigenvalue weighted by Crippen LogP contribution is 2.25. The van der Waals surface area contributed by atoms with Gasteiger partial charge in [-0.2, -0.15) is 0 Å². The number of carbonyl (C=O) groups is 1. The van der Waals surface area contributed by atoms with Crippen molar-refractivity contribution in [2.75, 3.05) is 32.7 Å². The van der Waals surface area contributed by atoms with Crippen LogP contribution >= 0.6 is 0 Å². The number of hydrogen-bond donors (Lipinski definition) is 1. The van der Waals surface area contributed by atoms with Crippen molar-refractivity contribution in [3.63, 3.8) is 0 Å². The van der Waals surface area contributed by atoms with Crippen LogP contribution in [0, 0.1) is 0 Å². The van der Waals surface area contributed by atoms with Gasteiger partial charge in [-0.1, -0.05) is 0 Å². The molecule has 6 nitrogen and oxygen atoms in total. The third-order valence-electron chi connectivity index (χ3n) is 4.77. The number of rotatable bonds is 6. The van der Waals surface area contributed by atoms with Gasteiger partial charge >= 0.3 is 0 Å². The van der Waals surface area contributed by atoms with Crippen LogP contribution in [0.4, 0.5) is 0 Å². The highest BCUT2D eigenvalue weighted by Gasteiger charge is 2.39. The number of aliphatic hydroxyl groups is 1. The highest BCUT2D eigenvalue weighted by molar-refractivity contribution is 5.76. The first-order valence-electron chi connectivity index (χ1n) is 8.33. The van der Waals surface area contributed by atoms with Gasteiger partial charge in [-0.3, -0.25) is 4.79 Å². The van der Waals surface area contributed by atoms with E-state index >= 15 is 0 Å². The molecule has 0 aliphatic carbocycles. The van der Waals surface area contributed by atoms with E-state index in [0.29, 0.717) is 32.5 Å². The summed E-state index contributed by atoms with van der Waals surface area (Å²) in [5, 5.41) is 10.7. The summed E-state index contributed by atoms with van der Waals surface area (Å²) in [6.45, 7) is 4.88. The van der Waals surface area contributed by atoms with E-state index in [2.05, 4.69) is 9.88 Å². The Bertz CT molecular complexity index is 484. The fraction of sp³-hybridized carbons (Fsp3) is 0.750. The molecule has 2 aliphatic rings. The molecule has 1 amide bonds. The lowest BCUT2D eigenvalue weighted by Crippen LogP contribution is -2.45. The Morgan fingerprint density at radius 1 is 1.27 bits per heavy atom. The number of nitrogens with zero attached hydrogens (tertiary/aromatic N) is 4. The summed E-state index contributed by atoms with van der Waals surface area (Å²) in [6.07, 6.45) is 9.95. The number of β-amino-alcohol motifs (C(OH)–C–C–N with tert-alkyl or cyclic N) is 1. The minimum Gasteiger partial charge on any atom is -0.387 e. The topological polar surface area (TPSA) is 61.6 Å². The Balaban J connectivity index is 1.41. The van der Waals surface area contributed by atoms with Crippen LogP contribution in [0.15, 0.2) is 18.7 Å². The maximum Gasteiger partial charge on any atom is 0.222 e. The molecule has 1 N–H and O–H groups in total. The van der Waals surface area contributed by atoms with E-state index in [1.807, 2.05) is 15.7 Å². The molecule has 2 fully saturated rings. The Morgan fingerprint density at radius 3 is 2.82 bits per heavy atom. The summed E-state index contributed by atoms with van der Waals surface area (Å²) >= 11 is 0. The molecule has 0 spiro atoms. The second-order valence-corrected chi connectivity index (χ2v) is 6.68. The van der Waals surface area contributed by atoms with Gasteiger partial charge in [-0.15, -0.1) is 0 Å². The minimum absolute atomic E-state index is 0.164. The largest absolute Gasteiger partial charge is 0.387 e. The van der Waals surface area contributed by atoms with Gasteiger partial charge in [-0.05, 0) is 38.8 Å². The molecule has 0 saturated carbocycles. The molecule has 2 aliphatic heterocycles. The first-order valence-corrected chi connectivity index (χ1v) is 8.33. The highest BCUT2D eigenvalue weighted by atomic mass is 16.3. The van der Waals surface area contributed by atoms with Crippen molar-refractivity contribution in [1.29, 1.82) is 0 Å². The van der Waals surface area contributed by atoms with Crippen LogP contribution in [-0.4, -0.2) is 68.7 Å². The normalized spacial score (nSPS) is 26.0. The Morgan fingerprint density at radius 2 is 2.09 bits per heavy atom.